The van der Waals surface area contributed by atoms with Crippen LogP contribution in [-0.2, 0) is 10.0 Å². The van der Waals surface area contributed by atoms with Crippen molar-refractivity contribution in [2.75, 3.05) is 13.1 Å². The fourth-order valence-corrected chi connectivity index (χ4v) is 3.88. The van der Waals surface area contributed by atoms with Gasteiger partial charge < -0.3 is 5.11 Å². The smallest absolute Gasteiger partial charge is 0.273 e. The van der Waals surface area contributed by atoms with Crippen molar-refractivity contribution in [1.82, 2.24) is 4.31 Å². The van der Waals surface area contributed by atoms with Gasteiger partial charge in [-0.25, -0.2) is 8.42 Å². The molecule has 0 amide bonds. The largest absolute Gasteiger partial charge is 0.392 e. The first kappa shape index (κ1) is 13.9. The first-order valence-corrected chi connectivity index (χ1v) is 7.20. The molecule has 1 fully saturated rings. The molecule has 0 aliphatic carbocycles. The lowest BCUT2D eigenvalue weighted by Crippen LogP contribution is -2.30. The number of nitrogens with zero attached hydrogens (tertiary/aromatic N) is 2. The maximum absolute atomic E-state index is 12.4. The van der Waals surface area contributed by atoms with E-state index < -0.39 is 21.1 Å². The van der Waals surface area contributed by atoms with E-state index >= 15 is 0 Å². The van der Waals surface area contributed by atoms with Gasteiger partial charge in [0.1, 0.15) is 0 Å². The number of sulfonamides is 1. The molecule has 0 spiro atoms. The first-order chi connectivity index (χ1) is 8.84. The number of hydrogen-bond acceptors (Lipinski definition) is 5. The van der Waals surface area contributed by atoms with Gasteiger partial charge in [-0.15, -0.1) is 0 Å². The number of nitro benzene ring substituents is 1. The highest BCUT2D eigenvalue weighted by Crippen LogP contribution is 2.28. The second-order valence-corrected chi connectivity index (χ2v) is 6.37. The number of benzene rings is 1. The topological polar surface area (TPSA) is 101 Å². The van der Waals surface area contributed by atoms with Crippen LogP contribution >= 0.6 is 0 Å². The van der Waals surface area contributed by atoms with Gasteiger partial charge in [0.2, 0.25) is 10.0 Å². The van der Waals surface area contributed by atoms with Crippen LogP contribution in [0.25, 0.3) is 0 Å². The molecular formula is C11H14N2O5S. The average Bonchev–Trinajstić information content (AvgIpc) is 2.76. The molecule has 1 aliphatic rings. The molecule has 104 valence electrons. The summed E-state index contributed by atoms with van der Waals surface area (Å²) in [5.41, 5.74) is -0.102. The molecule has 1 aromatic rings. The zero-order chi connectivity index (χ0) is 14.2. The third-order valence-corrected chi connectivity index (χ3v) is 5.21. The van der Waals surface area contributed by atoms with Gasteiger partial charge in [-0.2, -0.15) is 4.31 Å². The Hall–Kier alpha value is -1.51. The van der Waals surface area contributed by atoms with Crippen molar-refractivity contribution in [3.05, 3.63) is 33.9 Å². The summed E-state index contributed by atoms with van der Waals surface area (Å²) in [7, 11) is -3.79. The highest BCUT2D eigenvalue weighted by molar-refractivity contribution is 7.89. The maximum atomic E-state index is 12.4. The van der Waals surface area contributed by atoms with E-state index in [9.17, 15) is 23.6 Å². The molecule has 8 heteroatoms. The van der Waals surface area contributed by atoms with Crippen molar-refractivity contribution in [1.29, 1.82) is 0 Å². The molecule has 1 aromatic carbocycles. The highest BCUT2D eigenvalue weighted by Gasteiger charge is 2.33. The van der Waals surface area contributed by atoms with E-state index in [1.807, 2.05) is 0 Å². The SMILES string of the molecule is Cc1c([N+](=O)[O-])cccc1S(=O)(=O)N1CCC(O)C1. The highest BCUT2D eigenvalue weighted by atomic mass is 32.2. The molecule has 1 N–H and O–H groups in total. The van der Waals surface area contributed by atoms with Crippen LogP contribution in [0.15, 0.2) is 23.1 Å². The van der Waals surface area contributed by atoms with Gasteiger partial charge in [-0.05, 0) is 19.4 Å². The monoisotopic (exact) mass is 286 g/mol. The Balaban J connectivity index is 2.47. The van der Waals surface area contributed by atoms with Crippen molar-refractivity contribution >= 4 is 15.7 Å². The van der Waals surface area contributed by atoms with Gasteiger partial charge in [0.15, 0.2) is 0 Å². The summed E-state index contributed by atoms with van der Waals surface area (Å²) in [5, 5.41) is 20.2. The fourth-order valence-electron chi connectivity index (χ4n) is 2.15. The molecule has 7 nitrogen and oxygen atoms in total. The van der Waals surface area contributed by atoms with E-state index in [2.05, 4.69) is 0 Å². The minimum absolute atomic E-state index is 0.0322. The summed E-state index contributed by atoms with van der Waals surface area (Å²) >= 11 is 0. The molecular weight excluding hydrogens is 272 g/mol. The van der Waals surface area contributed by atoms with Crippen LogP contribution in [0.2, 0.25) is 0 Å². The van der Waals surface area contributed by atoms with Crippen molar-refractivity contribution in [2.45, 2.75) is 24.3 Å². The van der Waals surface area contributed by atoms with E-state index in [0.29, 0.717) is 6.42 Å². The number of nitro groups is 1. The number of aliphatic hydroxyl groups is 1. The molecule has 1 atom stereocenters. The Bertz CT molecular complexity index is 614. The van der Waals surface area contributed by atoms with Crippen molar-refractivity contribution in [2.24, 2.45) is 0 Å². The van der Waals surface area contributed by atoms with Crippen LogP contribution in [0, 0.1) is 17.0 Å². The second kappa shape index (κ2) is 4.87. The van der Waals surface area contributed by atoms with E-state index in [-0.39, 0.29) is 29.2 Å². The predicted molar refractivity (Wildman–Crippen MR) is 67.2 cm³/mol. The molecule has 19 heavy (non-hydrogen) atoms. The lowest BCUT2D eigenvalue weighted by Gasteiger charge is -2.17. The summed E-state index contributed by atoms with van der Waals surface area (Å²) in [5.74, 6) is 0. The molecule has 2 rings (SSSR count). The Morgan fingerprint density at radius 1 is 1.47 bits per heavy atom. The van der Waals surface area contributed by atoms with Crippen molar-refractivity contribution < 1.29 is 18.4 Å². The van der Waals surface area contributed by atoms with Gasteiger partial charge in [0.25, 0.3) is 5.69 Å². The Morgan fingerprint density at radius 3 is 2.68 bits per heavy atom. The minimum Gasteiger partial charge on any atom is -0.392 e. The summed E-state index contributed by atoms with van der Waals surface area (Å²) in [4.78, 5) is 10.2. The average molecular weight is 286 g/mol. The molecule has 1 saturated heterocycles. The van der Waals surface area contributed by atoms with Crippen molar-refractivity contribution in [3.8, 4) is 0 Å². The number of hydrogen-bond donors (Lipinski definition) is 1. The molecule has 0 bridgehead atoms. The zero-order valence-corrected chi connectivity index (χ0v) is 11.1. The minimum atomic E-state index is -3.79. The van der Waals surface area contributed by atoms with Crippen LogP contribution < -0.4 is 0 Å². The van der Waals surface area contributed by atoms with Gasteiger partial charge in [0, 0.05) is 24.7 Å². The van der Waals surface area contributed by atoms with Gasteiger partial charge >= 0.3 is 0 Å². The van der Waals surface area contributed by atoms with Gasteiger partial charge in [-0.1, -0.05) is 6.07 Å². The van der Waals surface area contributed by atoms with Crippen molar-refractivity contribution in [3.63, 3.8) is 0 Å². The lowest BCUT2D eigenvalue weighted by molar-refractivity contribution is -0.385. The fraction of sp³-hybridized carbons (Fsp3) is 0.455. The van der Waals surface area contributed by atoms with E-state index in [1.54, 1.807) is 0 Å². The quantitative estimate of drug-likeness (QED) is 0.649. The van der Waals surface area contributed by atoms with Crippen LogP contribution in [0.1, 0.15) is 12.0 Å². The summed E-state index contributed by atoms with van der Waals surface area (Å²) in [6.07, 6.45) is -0.290. The van der Waals surface area contributed by atoms with Crippen LogP contribution in [-0.4, -0.2) is 41.9 Å². The van der Waals surface area contributed by atoms with Crippen LogP contribution in [0.4, 0.5) is 5.69 Å². The standard InChI is InChI=1S/C11H14N2O5S/c1-8-10(13(15)16)3-2-4-11(8)19(17,18)12-6-5-9(14)7-12/h2-4,9,14H,5-7H2,1H3. The predicted octanol–water partition coefficient (Wildman–Crippen LogP) is 0.659. The Labute approximate surface area is 110 Å². The summed E-state index contributed by atoms with van der Waals surface area (Å²) in [6, 6.07) is 3.97. The Kier molecular flexibility index (Phi) is 3.57. The maximum Gasteiger partial charge on any atom is 0.273 e. The normalized spacial score (nSPS) is 20.6. The number of β-amino-alcohol motifs (C(OH)–C–C–N with tert-alkyl or cyclic N) is 1. The molecule has 0 saturated carbocycles. The van der Waals surface area contributed by atoms with E-state index in [1.165, 1.54) is 25.1 Å². The van der Waals surface area contributed by atoms with Gasteiger partial charge in [0.05, 0.1) is 15.9 Å². The first-order valence-electron chi connectivity index (χ1n) is 5.76. The summed E-state index contributed by atoms with van der Waals surface area (Å²) < 4.78 is 25.9. The Morgan fingerprint density at radius 2 is 2.16 bits per heavy atom. The molecule has 1 unspecified atom stereocenters. The van der Waals surface area contributed by atoms with E-state index in [4.69, 9.17) is 0 Å². The third kappa shape index (κ3) is 2.46. The van der Waals surface area contributed by atoms with Crippen LogP contribution in [0.3, 0.4) is 0 Å². The molecule has 1 aliphatic heterocycles. The van der Waals surface area contributed by atoms with E-state index in [0.717, 1.165) is 4.31 Å². The molecule has 1 heterocycles. The lowest BCUT2D eigenvalue weighted by atomic mass is 10.2. The van der Waals surface area contributed by atoms with Gasteiger partial charge in [-0.3, -0.25) is 10.1 Å². The second-order valence-electron chi connectivity index (χ2n) is 4.46. The molecule has 0 radical (unpaired) electrons. The third-order valence-electron chi connectivity index (χ3n) is 3.20. The van der Waals surface area contributed by atoms with Crippen LogP contribution in [0.5, 0.6) is 0 Å². The summed E-state index contributed by atoms with van der Waals surface area (Å²) in [6.45, 7) is 1.67. The number of rotatable bonds is 3. The molecule has 0 aromatic heterocycles. The zero-order valence-electron chi connectivity index (χ0n) is 10.3. The number of aliphatic hydroxyl groups excluding tert-OH is 1.